The van der Waals surface area contributed by atoms with Gasteiger partial charge in [-0.05, 0) is 19.3 Å². The second-order valence-corrected chi connectivity index (χ2v) is 6.64. The summed E-state index contributed by atoms with van der Waals surface area (Å²) < 4.78 is 0. The van der Waals surface area contributed by atoms with Crippen molar-refractivity contribution in [3.05, 3.63) is 0 Å². The van der Waals surface area contributed by atoms with E-state index in [2.05, 4.69) is 12.2 Å². The largest absolute Gasteiger partial charge is 0.396 e. The fourth-order valence-electron chi connectivity index (χ4n) is 3.52. The van der Waals surface area contributed by atoms with E-state index in [0.717, 1.165) is 25.7 Å². The van der Waals surface area contributed by atoms with Gasteiger partial charge in [-0.2, -0.15) is 0 Å². The fraction of sp³-hybridized carbons (Fsp3) is 0.941. The topological polar surface area (TPSA) is 75.3 Å². The molecule has 4 nitrogen and oxygen atoms in total. The molecule has 21 heavy (non-hydrogen) atoms. The second-order valence-electron chi connectivity index (χ2n) is 6.64. The molecule has 124 valence electrons. The number of carbonyl (C=O) groups excluding carboxylic acids is 1. The van der Waals surface area contributed by atoms with Crippen LogP contribution in [0.15, 0.2) is 0 Å². The van der Waals surface area contributed by atoms with Crippen molar-refractivity contribution in [2.75, 3.05) is 6.61 Å². The molecule has 0 bridgehead atoms. The highest BCUT2D eigenvalue weighted by Crippen LogP contribution is 2.42. The van der Waals surface area contributed by atoms with Crippen LogP contribution in [0.25, 0.3) is 0 Å². The summed E-state index contributed by atoms with van der Waals surface area (Å²) in [6.07, 6.45) is 14.6. The maximum absolute atomic E-state index is 11.2. The molecule has 0 unspecified atom stereocenters. The molecule has 1 rings (SSSR count). The zero-order valence-corrected chi connectivity index (χ0v) is 13.7. The van der Waals surface area contributed by atoms with Gasteiger partial charge in [0.05, 0.1) is 0 Å². The fourth-order valence-corrected chi connectivity index (χ4v) is 3.52. The maximum Gasteiger partial charge on any atom is 0.312 e. The van der Waals surface area contributed by atoms with Gasteiger partial charge in [-0.3, -0.25) is 0 Å². The molecule has 0 saturated heterocycles. The summed E-state index contributed by atoms with van der Waals surface area (Å²) in [6, 6.07) is -0.455. The molecule has 1 saturated carbocycles. The number of rotatable bonds is 12. The van der Waals surface area contributed by atoms with Gasteiger partial charge >= 0.3 is 6.03 Å². The number of aliphatic hydroxyl groups is 1. The summed E-state index contributed by atoms with van der Waals surface area (Å²) in [5, 5.41) is 12.3. The second kappa shape index (κ2) is 10.0. The molecule has 1 aliphatic rings. The quantitative estimate of drug-likeness (QED) is 0.480. The van der Waals surface area contributed by atoms with E-state index in [1.165, 1.54) is 51.4 Å². The lowest BCUT2D eigenvalue weighted by Crippen LogP contribution is -2.62. The molecule has 2 atom stereocenters. The molecule has 0 heterocycles. The predicted octanol–water partition coefficient (Wildman–Crippen LogP) is 3.72. The van der Waals surface area contributed by atoms with E-state index in [-0.39, 0.29) is 18.1 Å². The van der Waals surface area contributed by atoms with Crippen LogP contribution in [0.4, 0.5) is 4.79 Å². The molecular weight excluding hydrogens is 264 g/mol. The Labute approximate surface area is 129 Å². The number of nitrogens with two attached hydrogens (primary N) is 1. The molecule has 0 aromatic rings. The van der Waals surface area contributed by atoms with E-state index in [9.17, 15) is 9.90 Å². The first-order valence-corrected chi connectivity index (χ1v) is 8.83. The molecule has 0 aromatic carbocycles. The predicted molar refractivity (Wildman–Crippen MR) is 87.1 cm³/mol. The Morgan fingerprint density at radius 3 is 2.14 bits per heavy atom. The minimum atomic E-state index is -0.455. The van der Waals surface area contributed by atoms with Gasteiger partial charge in [-0.1, -0.05) is 64.7 Å². The van der Waals surface area contributed by atoms with E-state index >= 15 is 0 Å². The lowest BCUT2D eigenvalue weighted by Gasteiger charge is -2.49. The summed E-state index contributed by atoms with van der Waals surface area (Å²) in [6.45, 7) is 2.40. The van der Waals surface area contributed by atoms with E-state index in [1.807, 2.05) is 0 Å². The molecule has 0 spiro atoms. The summed E-state index contributed by atoms with van der Waals surface area (Å²) >= 11 is 0. The van der Waals surface area contributed by atoms with Crippen LogP contribution in [0, 0.1) is 5.92 Å². The molecule has 0 radical (unpaired) electrons. The molecule has 1 aliphatic carbocycles. The first kappa shape index (κ1) is 18.3. The monoisotopic (exact) mass is 298 g/mol. The van der Waals surface area contributed by atoms with E-state index < -0.39 is 6.03 Å². The average Bonchev–Trinajstić information content (AvgIpc) is 2.43. The van der Waals surface area contributed by atoms with Crippen molar-refractivity contribution in [3.8, 4) is 0 Å². The smallest absolute Gasteiger partial charge is 0.312 e. The van der Waals surface area contributed by atoms with Gasteiger partial charge in [0.25, 0.3) is 0 Å². The number of urea groups is 1. The first-order valence-electron chi connectivity index (χ1n) is 8.83. The number of aliphatic hydroxyl groups excluding tert-OH is 1. The van der Waals surface area contributed by atoms with Crippen LogP contribution in [0.5, 0.6) is 0 Å². The Bertz CT molecular complexity index is 295. The average molecular weight is 298 g/mol. The van der Waals surface area contributed by atoms with Crippen molar-refractivity contribution in [1.29, 1.82) is 0 Å². The van der Waals surface area contributed by atoms with E-state index in [1.54, 1.807) is 0 Å². The maximum atomic E-state index is 11.2. The van der Waals surface area contributed by atoms with E-state index in [0.29, 0.717) is 0 Å². The van der Waals surface area contributed by atoms with Crippen molar-refractivity contribution in [2.24, 2.45) is 11.7 Å². The Morgan fingerprint density at radius 2 is 1.71 bits per heavy atom. The van der Waals surface area contributed by atoms with Crippen molar-refractivity contribution in [1.82, 2.24) is 5.32 Å². The summed E-state index contributed by atoms with van der Waals surface area (Å²) in [7, 11) is 0. The van der Waals surface area contributed by atoms with Gasteiger partial charge in [0, 0.05) is 18.1 Å². The number of unbranched alkanes of at least 4 members (excludes halogenated alkanes) is 8. The van der Waals surface area contributed by atoms with Gasteiger partial charge in [0.15, 0.2) is 0 Å². The zero-order chi connectivity index (χ0) is 15.6. The normalized spacial score (nSPS) is 24.6. The molecule has 0 aliphatic heterocycles. The van der Waals surface area contributed by atoms with Crippen LogP contribution in [0.2, 0.25) is 0 Å². The first-order chi connectivity index (χ1) is 10.1. The van der Waals surface area contributed by atoms with Gasteiger partial charge in [-0.15, -0.1) is 0 Å². The summed E-state index contributed by atoms with van der Waals surface area (Å²) in [5.74, 6) is 0.194. The van der Waals surface area contributed by atoms with Gasteiger partial charge in [0.1, 0.15) is 0 Å². The molecule has 0 aromatic heterocycles. The number of carbonyl (C=O) groups is 1. The third-order valence-corrected chi connectivity index (χ3v) is 5.04. The Morgan fingerprint density at radius 1 is 1.14 bits per heavy atom. The lowest BCUT2D eigenvalue weighted by atomic mass is 9.64. The van der Waals surface area contributed by atoms with Crippen molar-refractivity contribution >= 4 is 6.03 Å². The number of primary amides is 1. The SMILES string of the molecule is CCCCCCCCCCC[C@@]1(NC(N)=O)CC[C@@H]1CO. The van der Waals surface area contributed by atoms with Gasteiger partial charge in [0.2, 0.25) is 0 Å². The van der Waals surface area contributed by atoms with Crippen LogP contribution in [0.3, 0.4) is 0 Å². The Balaban J connectivity index is 2.10. The number of amides is 2. The van der Waals surface area contributed by atoms with Crippen LogP contribution in [0.1, 0.15) is 84.0 Å². The Hall–Kier alpha value is -0.770. The Kier molecular flexibility index (Phi) is 8.74. The lowest BCUT2D eigenvalue weighted by molar-refractivity contribution is 0.0324. The standard InChI is InChI=1S/C17H34N2O2/c1-2-3-4-5-6-7-8-9-10-12-17(19-16(18)21)13-11-15(17)14-20/h15,20H,2-14H2,1H3,(H3,18,19,21)/t15-,17-/m1/s1. The minimum absolute atomic E-state index is 0.151. The minimum Gasteiger partial charge on any atom is -0.396 e. The van der Waals surface area contributed by atoms with Crippen molar-refractivity contribution in [2.45, 2.75) is 89.5 Å². The molecule has 1 fully saturated rings. The highest BCUT2D eigenvalue weighted by atomic mass is 16.3. The van der Waals surface area contributed by atoms with E-state index in [4.69, 9.17) is 5.73 Å². The molecule has 2 amide bonds. The highest BCUT2D eigenvalue weighted by molar-refractivity contribution is 5.72. The third-order valence-electron chi connectivity index (χ3n) is 5.04. The number of hydrogen-bond donors (Lipinski definition) is 3. The number of hydrogen-bond acceptors (Lipinski definition) is 2. The van der Waals surface area contributed by atoms with Crippen LogP contribution >= 0.6 is 0 Å². The molecule has 4 heteroatoms. The summed E-state index contributed by atoms with van der Waals surface area (Å²) in [5.41, 5.74) is 5.06. The zero-order valence-electron chi connectivity index (χ0n) is 13.7. The van der Waals surface area contributed by atoms with Gasteiger partial charge in [-0.25, -0.2) is 4.79 Å². The summed E-state index contributed by atoms with van der Waals surface area (Å²) in [4.78, 5) is 11.2. The van der Waals surface area contributed by atoms with Crippen LogP contribution in [-0.4, -0.2) is 23.3 Å². The highest BCUT2D eigenvalue weighted by Gasteiger charge is 2.46. The number of nitrogens with one attached hydrogen (secondary N) is 1. The van der Waals surface area contributed by atoms with Crippen LogP contribution < -0.4 is 11.1 Å². The molecule has 4 N–H and O–H groups in total. The third kappa shape index (κ3) is 6.25. The molecular formula is C17H34N2O2. The van der Waals surface area contributed by atoms with Crippen molar-refractivity contribution < 1.29 is 9.90 Å². The van der Waals surface area contributed by atoms with Gasteiger partial charge < -0.3 is 16.2 Å². The van der Waals surface area contributed by atoms with Crippen LogP contribution in [-0.2, 0) is 0 Å². The van der Waals surface area contributed by atoms with Crippen molar-refractivity contribution in [3.63, 3.8) is 0 Å².